The van der Waals surface area contributed by atoms with Gasteiger partial charge < -0.3 is 4.74 Å². The predicted octanol–water partition coefficient (Wildman–Crippen LogP) is 2.90. The first-order valence-corrected chi connectivity index (χ1v) is 6.36. The van der Waals surface area contributed by atoms with E-state index in [1.165, 1.54) is 13.0 Å². The number of esters is 1. The molecule has 0 aliphatic carbocycles. The van der Waals surface area contributed by atoms with Crippen molar-refractivity contribution in [3.63, 3.8) is 0 Å². The van der Waals surface area contributed by atoms with Crippen LogP contribution < -0.4 is 0 Å². The Labute approximate surface area is 113 Å². The average molecular weight is 317 g/mol. The Kier molecular flexibility index (Phi) is 5.47. The molecule has 0 saturated carbocycles. The van der Waals surface area contributed by atoms with Crippen LogP contribution in [-0.4, -0.2) is 18.4 Å². The van der Waals surface area contributed by atoms with Gasteiger partial charge in [0.2, 0.25) is 0 Å². The van der Waals surface area contributed by atoms with Gasteiger partial charge >= 0.3 is 5.97 Å². The standard InChI is InChI=1S/C13H14BrFO3/c1-3-18-13(17)10(8(2)16)6-9-4-5-11(14)12(15)7-9/h4-5,7,10H,3,6H2,1-2H3. The van der Waals surface area contributed by atoms with Crippen molar-refractivity contribution >= 4 is 27.7 Å². The van der Waals surface area contributed by atoms with Gasteiger partial charge in [-0.05, 0) is 53.9 Å². The zero-order valence-electron chi connectivity index (χ0n) is 10.2. The molecule has 0 amide bonds. The summed E-state index contributed by atoms with van der Waals surface area (Å²) in [6.07, 6.45) is 0.151. The summed E-state index contributed by atoms with van der Waals surface area (Å²) in [6.45, 7) is 3.22. The van der Waals surface area contributed by atoms with Gasteiger partial charge in [-0.1, -0.05) is 6.07 Å². The van der Waals surface area contributed by atoms with Crippen LogP contribution >= 0.6 is 15.9 Å². The first-order valence-electron chi connectivity index (χ1n) is 5.56. The second kappa shape index (κ2) is 6.64. The maximum Gasteiger partial charge on any atom is 0.316 e. The molecule has 5 heteroatoms. The van der Waals surface area contributed by atoms with Crippen molar-refractivity contribution in [1.82, 2.24) is 0 Å². The minimum Gasteiger partial charge on any atom is -0.465 e. The third kappa shape index (κ3) is 3.91. The van der Waals surface area contributed by atoms with Crippen LogP contribution in [0.3, 0.4) is 0 Å². The zero-order chi connectivity index (χ0) is 13.7. The van der Waals surface area contributed by atoms with Crippen LogP contribution in [0.4, 0.5) is 4.39 Å². The van der Waals surface area contributed by atoms with Crippen LogP contribution in [0.2, 0.25) is 0 Å². The van der Waals surface area contributed by atoms with E-state index in [4.69, 9.17) is 4.74 Å². The Hall–Kier alpha value is -1.23. The third-order valence-electron chi connectivity index (χ3n) is 2.49. The molecule has 1 atom stereocenters. The van der Waals surface area contributed by atoms with E-state index >= 15 is 0 Å². The Morgan fingerprint density at radius 2 is 2.11 bits per heavy atom. The van der Waals surface area contributed by atoms with Crippen LogP contribution in [0.25, 0.3) is 0 Å². The number of Topliss-reactive ketones (excluding diaryl/α,β-unsaturated/α-hetero) is 1. The largest absolute Gasteiger partial charge is 0.465 e. The number of halogens is 2. The van der Waals surface area contributed by atoms with E-state index in [1.54, 1.807) is 19.1 Å². The van der Waals surface area contributed by atoms with Crippen LogP contribution in [0.5, 0.6) is 0 Å². The van der Waals surface area contributed by atoms with Crippen molar-refractivity contribution in [1.29, 1.82) is 0 Å². The minimum absolute atomic E-state index is 0.151. The molecule has 0 fully saturated rings. The number of benzene rings is 1. The van der Waals surface area contributed by atoms with Crippen molar-refractivity contribution in [2.75, 3.05) is 6.61 Å². The maximum atomic E-state index is 13.3. The van der Waals surface area contributed by atoms with Crippen molar-refractivity contribution in [2.45, 2.75) is 20.3 Å². The van der Waals surface area contributed by atoms with Crippen LogP contribution in [0.15, 0.2) is 22.7 Å². The molecule has 0 radical (unpaired) electrons. The molecular formula is C13H14BrFO3. The molecule has 0 aliphatic heterocycles. The fraction of sp³-hybridized carbons (Fsp3) is 0.385. The second-order valence-corrected chi connectivity index (χ2v) is 4.72. The highest BCUT2D eigenvalue weighted by molar-refractivity contribution is 9.10. The van der Waals surface area contributed by atoms with Gasteiger partial charge in [0.15, 0.2) is 0 Å². The van der Waals surface area contributed by atoms with Gasteiger partial charge in [0, 0.05) is 0 Å². The smallest absolute Gasteiger partial charge is 0.316 e. The molecule has 0 N–H and O–H groups in total. The Bertz CT molecular complexity index is 460. The molecule has 0 aliphatic rings. The molecule has 0 spiro atoms. The number of ether oxygens (including phenoxy) is 1. The monoisotopic (exact) mass is 316 g/mol. The number of carbonyl (C=O) groups is 2. The minimum atomic E-state index is -0.870. The summed E-state index contributed by atoms with van der Waals surface area (Å²) in [5.74, 6) is -2.13. The van der Waals surface area contributed by atoms with Gasteiger partial charge in [-0.2, -0.15) is 0 Å². The van der Waals surface area contributed by atoms with E-state index in [1.807, 2.05) is 0 Å². The summed E-state index contributed by atoms with van der Waals surface area (Å²) in [7, 11) is 0. The van der Waals surface area contributed by atoms with Crippen molar-refractivity contribution < 1.29 is 18.7 Å². The predicted molar refractivity (Wildman–Crippen MR) is 68.6 cm³/mol. The lowest BCUT2D eigenvalue weighted by Gasteiger charge is -2.12. The number of rotatable bonds is 5. The molecule has 1 unspecified atom stereocenters. The third-order valence-corrected chi connectivity index (χ3v) is 3.13. The topological polar surface area (TPSA) is 43.4 Å². The summed E-state index contributed by atoms with van der Waals surface area (Å²) < 4.78 is 18.5. The summed E-state index contributed by atoms with van der Waals surface area (Å²) in [6, 6.07) is 4.52. The highest BCUT2D eigenvalue weighted by Gasteiger charge is 2.25. The van der Waals surface area contributed by atoms with Crippen LogP contribution in [-0.2, 0) is 20.7 Å². The van der Waals surface area contributed by atoms with Gasteiger partial charge in [0.1, 0.15) is 17.5 Å². The van der Waals surface area contributed by atoms with Gasteiger partial charge in [-0.3, -0.25) is 9.59 Å². The molecule has 1 rings (SSSR count). The van der Waals surface area contributed by atoms with Gasteiger partial charge in [-0.25, -0.2) is 4.39 Å². The summed E-state index contributed by atoms with van der Waals surface area (Å²) in [4.78, 5) is 23.0. The lowest BCUT2D eigenvalue weighted by Crippen LogP contribution is -2.26. The average Bonchev–Trinajstić information content (AvgIpc) is 2.30. The Balaban J connectivity index is 2.86. The first kappa shape index (κ1) is 14.8. The summed E-state index contributed by atoms with van der Waals surface area (Å²) >= 11 is 3.04. The highest BCUT2D eigenvalue weighted by atomic mass is 79.9. The summed E-state index contributed by atoms with van der Waals surface area (Å²) in [5, 5.41) is 0. The molecule has 18 heavy (non-hydrogen) atoms. The normalized spacial score (nSPS) is 12.0. The van der Waals surface area contributed by atoms with Crippen molar-refractivity contribution in [2.24, 2.45) is 5.92 Å². The molecule has 0 heterocycles. The van der Waals surface area contributed by atoms with Crippen molar-refractivity contribution in [3.05, 3.63) is 34.1 Å². The lowest BCUT2D eigenvalue weighted by atomic mass is 9.96. The quantitative estimate of drug-likeness (QED) is 0.619. The molecule has 0 saturated heterocycles. The Morgan fingerprint density at radius 1 is 1.44 bits per heavy atom. The van der Waals surface area contributed by atoms with Gasteiger partial charge in [-0.15, -0.1) is 0 Å². The molecule has 3 nitrogen and oxygen atoms in total. The number of hydrogen-bond acceptors (Lipinski definition) is 3. The summed E-state index contributed by atoms with van der Waals surface area (Å²) in [5.41, 5.74) is 0.587. The van der Waals surface area contributed by atoms with Crippen molar-refractivity contribution in [3.8, 4) is 0 Å². The zero-order valence-corrected chi connectivity index (χ0v) is 11.8. The fourth-order valence-corrected chi connectivity index (χ4v) is 1.78. The molecule has 1 aromatic rings. The molecule has 1 aromatic carbocycles. The lowest BCUT2D eigenvalue weighted by molar-refractivity contribution is -0.151. The SMILES string of the molecule is CCOC(=O)C(Cc1ccc(Br)c(F)c1)C(C)=O. The number of ketones is 1. The fourth-order valence-electron chi connectivity index (χ4n) is 1.54. The number of carbonyl (C=O) groups excluding carboxylic acids is 2. The molecule has 0 bridgehead atoms. The van der Waals surface area contributed by atoms with E-state index in [0.29, 0.717) is 10.0 Å². The van der Waals surface area contributed by atoms with E-state index in [0.717, 1.165) is 0 Å². The van der Waals surface area contributed by atoms with E-state index in [9.17, 15) is 14.0 Å². The second-order valence-electron chi connectivity index (χ2n) is 3.87. The van der Waals surface area contributed by atoms with E-state index in [-0.39, 0.29) is 18.8 Å². The van der Waals surface area contributed by atoms with Gasteiger partial charge in [0.25, 0.3) is 0 Å². The molecule has 98 valence electrons. The Morgan fingerprint density at radius 3 is 2.61 bits per heavy atom. The van der Waals surface area contributed by atoms with E-state index < -0.39 is 17.7 Å². The van der Waals surface area contributed by atoms with E-state index in [2.05, 4.69) is 15.9 Å². The first-order chi connectivity index (χ1) is 8.45. The van der Waals surface area contributed by atoms with Crippen LogP contribution in [0.1, 0.15) is 19.4 Å². The number of hydrogen-bond donors (Lipinski definition) is 0. The molecular weight excluding hydrogens is 303 g/mol. The maximum absolute atomic E-state index is 13.3. The van der Waals surface area contributed by atoms with Gasteiger partial charge in [0.05, 0.1) is 11.1 Å². The highest BCUT2D eigenvalue weighted by Crippen LogP contribution is 2.19. The molecule has 0 aromatic heterocycles. The van der Waals surface area contributed by atoms with Crippen LogP contribution in [0, 0.1) is 11.7 Å².